The molecule has 0 aliphatic carbocycles. The molecule has 0 bridgehead atoms. The van der Waals surface area contributed by atoms with E-state index in [0.29, 0.717) is 0 Å². The van der Waals surface area contributed by atoms with Crippen molar-refractivity contribution in [2.24, 2.45) is 5.73 Å². The van der Waals surface area contributed by atoms with Gasteiger partial charge in [-0.1, -0.05) is 11.6 Å². The second-order valence-electron chi connectivity index (χ2n) is 4.62. The summed E-state index contributed by atoms with van der Waals surface area (Å²) < 4.78 is 0. The zero-order chi connectivity index (χ0) is 11.5. The normalized spacial score (nSPS) is 11.5. The summed E-state index contributed by atoms with van der Waals surface area (Å²) in [5.41, 5.74) is 8.08. The number of nitrogens with two attached hydrogens (primary N) is 1. The smallest absolute Gasteiger partial charge is 0.0410 e. The van der Waals surface area contributed by atoms with Gasteiger partial charge in [-0.2, -0.15) is 0 Å². The zero-order valence-electron chi connectivity index (χ0n) is 9.60. The van der Waals surface area contributed by atoms with Crippen LogP contribution in [0.15, 0.2) is 18.2 Å². The molecule has 0 aliphatic heterocycles. The van der Waals surface area contributed by atoms with E-state index in [0.717, 1.165) is 29.2 Å². The summed E-state index contributed by atoms with van der Waals surface area (Å²) in [7, 11) is 0. The number of benzene rings is 1. The Labute approximate surface area is 96.8 Å². The van der Waals surface area contributed by atoms with E-state index in [1.165, 1.54) is 0 Å². The van der Waals surface area contributed by atoms with Gasteiger partial charge in [0.2, 0.25) is 0 Å². The average molecular weight is 227 g/mol. The van der Waals surface area contributed by atoms with Crippen LogP contribution < -0.4 is 11.1 Å². The Balaban J connectivity index is 2.51. The summed E-state index contributed by atoms with van der Waals surface area (Å²) >= 11 is 5.88. The monoisotopic (exact) mass is 226 g/mol. The fraction of sp³-hybridized carbons (Fsp3) is 0.500. The van der Waals surface area contributed by atoms with Crippen LogP contribution in [0.4, 0.5) is 5.69 Å². The quantitative estimate of drug-likeness (QED) is 0.828. The first-order valence-corrected chi connectivity index (χ1v) is 5.55. The zero-order valence-corrected chi connectivity index (χ0v) is 10.4. The van der Waals surface area contributed by atoms with Crippen LogP contribution in [0.25, 0.3) is 0 Å². The van der Waals surface area contributed by atoms with Crippen molar-refractivity contribution in [3.8, 4) is 0 Å². The van der Waals surface area contributed by atoms with Crippen molar-refractivity contribution in [2.45, 2.75) is 32.7 Å². The largest absolute Gasteiger partial charge is 0.385 e. The van der Waals surface area contributed by atoms with Crippen LogP contribution in [0.2, 0.25) is 5.02 Å². The third-order valence-electron chi connectivity index (χ3n) is 2.27. The molecule has 0 heterocycles. The standard InChI is InChI=1S/C12H19ClN2/c1-9-8-10(13)4-5-11(9)15-7-6-12(2,3)14/h4-5,8,15H,6-7,14H2,1-3H3. The number of anilines is 1. The first-order chi connectivity index (χ1) is 6.88. The van der Waals surface area contributed by atoms with Gasteiger partial charge >= 0.3 is 0 Å². The minimum absolute atomic E-state index is 0.118. The molecule has 0 spiro atoms. The molecule has 0 fully saturated rings. The Hall–Kier alpha value is -0.730. The van der Waals surface area contributed by atoms with Gasteiger partial charge in [-0.3, -0.25) is 0 Å². The summed E-state index contributed by atoms with van der Waals surface area (Å²) in [5, 5.41) is 4.13. The first-order valence-electron chi connectivity index (χ1n) is 5.17. The highest BCUT2D eigenvalue weighted by Gasteiger charge is 2.09. The van der Waals surface area contributed by atoms with E-state index in [1.54, 1.807) is 0 Å². The summed E-state index contributed by atoms with van der Waals surface area (Å²) in [5.74, 6) is 0. The highest BCUT2D eigenvalue weighted by Crippen LogP contribution is 2.19. The lowest BCUT2D eigenvalue weighted by atomic mass is 10.0. The highest BCUT2D eigenvalue weighted by molar-refractivity contribution is 6.30. The van der Waals surface area contributed by atoms with Crippen molar-refractivity contribution < 1.29 is 0 Å². The molecule has 0 saturated heterocycles. The van der Waals surface area contributed by atoms with Crippen molar-refractivity contribution in [2.75, 3.05) is 11.9 Å². The number of halogens is 1. The molecule has 0 aromatic heterocycles. The van der Waals surface area contributed by atoms with Crippen LogP contribution in [0, 0.1) is 6.92 Å². The molecule has 0 radical (unpaired) electrons. The van der Waals surface area contributed by atoms with Gasteiger partial charge in [-0.15, -0.1) is 0 Å². The highest BCUT2D eigenvalue weighted by atomic mass is 35.5. The lowest BCUT2D eigenvalue weighted by molar-refractivity contribution is 0.491. The van der Waals surface area contributed by atoms with Gasteiger partial charge in [-0.05, 0) is 51.0 Å². The van der Waals surface area contributed by atoms with Crippen LogP contribution in [0.5, 0.6) is 0 Å². The Morgan fingerprint density at radius 2 is 2.07 bits per heavy atom. The molecule has 3 heteroatoms. The van der Waals surface area contributed by atoms with Crippen molar-refractivity contribution in [3.05, 3.63) is 28.8 Å². The fourth-order valence-electron chi connectivity index (χ4n) is 1.34. The summed E-state index contributed by atoms with van der Waals surface area (Å²) in [6.07, 6.45) is 0.940. The molecule has 0 aliphatic rings. The van der Waals surface area contributed by atoms with Crippen LogP contribution >= 0.6 is 11.6 Å². The van der Waals surface area contributed by atoms with Gasteiger partial charge in [-0.25, -0.2) is 0 Å². The van der Waals surface area contributed by atoms with Gasteiger partial charge in [0, 0.05) is 22.8 Å². The number of rotatable bonds is 4. The Bertz CT molecular complexity index is 329. The van der Waals surface area contributed by atoms with Crippen LogP contribution in [-0.4, -0.2) is 12.1 Å². The van der Waals surface area contributed by atoms with Crippen LogP contribution in [0.3, 0.4) is 0 Å². The maximum atomic E-state index is 5.90. The minimum atomic E-state index is -0.118. The van der Waals surface area contributed by atoms with E-state index in [-0.39, 0.29) is 5.54 Å². The number of hydrogen-bond acceptors (Lipinski definition) is 2. The molecule has 1 aromatic rings. The first kappa shape index (κ1) is 12.3. The van der Waals surface area contributed by atoms with E-state index in [4.69, 9.17) is 17.3 Å². The molecule has 15 heavy (non-hydrogen) atoms. The van der Waals surface area contributed by atoms with Crippen LogP contribution in [0.1, 0.15) is 25.8 Å². The third kappa shape index (κ3) is 4.54. The Morgan fingerprint density at radius 1 is 1.40 bits per heavy atom. The summed E-state index contributed by atoms with van der Waals surface area (Å²) in [4.78, 5) is 0. The predicted octanol–water partition coefficient (Wildman–Crippen LogP) is 3.19. The van der Waals surface area contributed by atoms with Crippen LogP contribution in [-0.2, 0) is 0 Å². The Kier molecular flexibility index (Phi) is 4.00. The van der Waals surface area contributed by atoms with Gasteiger partial charge in [0.1, 0.15) is 0 Å². The molecule has 84 valence electrons. The van der Waals surface area contributed by atoms with Crippen molar-refractivity contribution >= 4 is 17.3 Å². The molecule has 1 rings (SSSR count). The van der Waals surface area contributed by atoms with Gasteiger partial charge in [0.25, 0.3) is 0 Å². The average Bonchev–Trinajstić information content (AvgIpc) is 2.07. The predicted molar refractivity (Wildman–Crippen MR) is 67.6 cm³/mol. The van der Waals surface area contributed by atoms with Gasteiger partial charge in [0.05, 0.1) is 0 Å². The van der Waals surface area contributed by atoms with Gasteiger partial charge < -0.3 is 11.1 Å². The fourth-order valence-corrected chi connectivity index (χ4v) is 1.57. The molecular weight excluding hydrogens is 208 g/mol. The molecule has 0 saturated carbocycles. The molecule has 0 atom stereocenters. The number of hydrogen-bond donors (Lipinski definition) is 2. The number of nitrogens with one attached hydrogen (secondary N) is 1. The van der Waals surface area contributed by atoms with E-state index in [2.05, 4.69) is 5.32 Å². The molecular formula is C12H19ClN2. The maximum absolute atomic E-state index is 5.90. The van der Waals surface area contributed by atoms with E-state index in [1.807, 2.05) is 39.0 Å². The molecule has 3 N–H and O–H groups in total. The summed E-state index contributed by atoms with van der Waals surface area (Å²) in [6.45, 7) is 6.99. The topological polar surface area (TPSA) is 38.0 Å². The van der Waals surface area contributed by atoms with E-state index in [9.17, 15) is 0 Å². The van der Waals surface area contributed by atoms with Crippen molar-refractivity contribution in [1.82, 2.24) is 0 Å². The molecule has 0 unspecified atom stereocenters. The third-order valence-corrected chi connectivity index (χ3v) is 2.51. The summed E-state index contributed by atoms with van der Waals surface area (Å²) in [6, 6.07) is 5.85. The van der Waals surface area contributed by atoms with E-state index >= 15 is 0 Å². The Morgan fingerprint density at radius 3 is 2.60 bits per heavy atom. The number of aryl methyl sites for hydroxylation is 1. The van der Waals surface area contributed by atoms with Gasteiger partial charge in [0.15, 0.2) is 0 Å². The minimum Gasteiger partial charge on any atom is -0.385 e. The molecule has 1 aromatic carbocycles. The second kappa shape index (κ2) is 4.86. The lowest BCUT2D eigenvalue weighted by Crippen LogP contribution is -2.34. The lowest BCUT2D eigenvalue weighted by Gasteiger charge is -2.19. The van der Waals surface area contributed by atoms with Crippen molar-refractivity contribution in [3.63, 3.8) is 0 Å². The second-order valence-corrected chi connectivity index (χ2v) is 5.06. The maximum Gasteiger partial charge on any atom is 0.0410 e. The van der Waals surface area contributed by atoms with Crippen molar-refractivity contribution in [1.29, 1.82) is 0 Å². The molecule has 2 nitrogen and oxygen atoms in total. The van der Waals surface area contributed by atoms with E-state index < -0.39 is 0 Å². The molecule has 0 amide bonds. The SMILES string of the molecule is Cc1cc(Cl)ccc1NCCC(C)(C)N.